The normalized spacial score (nSPS) is 22.0. The fraction of sp³-hybridized carbons (Fsp3) is 0.692. The lowest BCUT2D eigenvalue weighted by Crippen LogP contribution is -2.47. The van der Waals surface area contributed by atoms with Crippen LogP contribution in [0.5, 0.6) is 0 Å². The Bertz CT molecular complexity index is 459. The van der Waals surface area contributed by atoms with Crippen LogP contribution < -0.4 is 10.6 Å². The minimum Gasteiger partial charge on any atom is -0.387 e. The lowest BCUT2D eigenvalue weighted by Gasteiger charge is -2.23. The molecule has 1 unspecified atom stereocenters. The number of rotatable bonds is 5. The predicted molar refractivity (Wildman–Crippen MR) is 98.3 cm³/mol. The van der Waals surface area contributed by atoms with E-state index in [1.54, 1.807) is 18.0 Å². The third-order valence-electron chi connectivity index (χ3n) is 3.33. The van der Waals surface area contributed by atoms with Crippen molar-refractivity contribution in [1.82, 2.24) is 20.4 Å². The zero-order valence-electron chi connectivity index (χ0n) is 12.5. The summed E-state index contributed by atoms with van der Waals surface area (Å²) in [6, 6.07) is 1.95. The van der Waals surface area contributed by atoms with Crippen LogP contribution >= 0.6 is 35.7 Å². The summed E-state index contributed by atoms with van der Waals surface area (Å²) in [6.45, 7) is 3.93. The van der Waals surface area contributed by atoms with Crippen molar-refractivity contribution >= 4 is 41.7 Å². The van der Waals surface area contributed by atoms with Gasteiger partial charge in [-0.25, -0.2) is 4.99 Å². The minimum absolute atomic E-state index is 0. The predicted octanol–water partition coefficient (Wildman–Crippen LogP) is 0.961. The third kappa shape index (κ3) is 5.67. The average Bonchev–Trinajstić information content (AvgIpc) is 3.03. The molecule has 1 aliphatic rings. The van der Waals surface area contributed by atoms with E-state index in [-0.39, 0.29) is 24.0 Å². The molecule has 0 saturated carbocycles. The maximum Gasteiger partial charge on any atom is 0.191 e. The molecule has 2 heterocycles. The van der Waals surface area contributed by atoms with Crippen molar-refractivity contribution in [3.8, 4) is 0 Å². The molecular weight excluding hydrogens is 401 g/mol. The van der Waals surface area contributed by atoms with E-state index >= 15 is 0 Å². The molecule has 0 aliphatic carbocycles. The number of guanidine groups is 1. The van der Waals surface area contributed by atoms with Gasteiger partial charge in [-0.2, -0.15) is 16.9 Å². The highest BCUT2D eigenvalue weighted by Crippen LogP contribution is 2.26. The van der Waals surface area contributed by atoms with Crippen molar-refractivity contribution in [1.29, 1.82) is 0 Å². The first-order valence-electron chi connectivity index (χ1n) is 6.92. The van der Waals surface area contributed by atoms with Crippen LogP contribution in [0.4, 0.5) is 0 Å². The van der Waals surface area contributed by atoms with Gasteiger partial charge in [0.1, 0.15) is 0 Å². The Morgan fingerprint density at radius 2 is 2.38 bits per heavy atom. The quantitative estimate of drug-likeness (QED) is 0.373. The van der Waals surface area contributed by atoms with Gasteiger partial charge in [-0.3, -0.25) is 4.68 Å². The van der Waals surface area contributed by atoms with E-state index in [9.17, 15) is 5.11 Å². The molecule has 0 spiro atoms. The highest BCUT2D eigenvalue weighted by atomic mass is 127. The van der Waals surface area contributed by atoms with Gasteiger partial charge in [-0.05, 0) is 25.2 Å². The van der Waals surface area contributed by atoms with Gasteiger partial charge in [0, 0.05) is 32.1 Å². The van der Waals surface area contributed by atoms with E-state index in [0.717, 1.165) is 36.1 Å². The van der Waals surface area contributed by atoms with Crippen molar-refractivity contribution in [3.05, 3.63) is 18.0 Å². The van der Waals surface area contributed by atoms with Gasteiger partial charge in [-0.15, -0.1) is 24.0 Å². The number of aryl methyl sites for hydroxylation is 1. The standard InChI is InChI=1S/C13H23N5OS.HI/c1-3-14-12(15-8-11-4-6-17-18(11)2)16-9-13(19)5-7-20-10-13;/h4,6,19H,3,5,7-10H2,1-2H3,(H2,14,15,16);1H. The number of thioether (sulfide) groups is 1. The number of nitrogens with zero attached hydrogens (tertiary/aromatic N) is 3. The summed E-state index contributed by atoms with van der Waals surface area (Å²) in [5.74, 6) is 2.56. The summed E-state index contributed by atoms with van der Waals surface area (Å²) in [6.07, 6.45) is 2.61. The molecule has 0 amide bonds. The summed E-state index contributed by atoms with van der Waals surface area (Å²) in [7, 11) is 1.91. The molecule has 3 N–H and O–H groups in total. The molecule has 1 aromatic heterocycles. The van der Waals surface area contributed by atoms with E-state index in [0.29, 0.717) is 13.1 Å². The first-order valence-corrected chi connectivity index (χ1v) is 8.07. The number of aliphatic imine (C=N–C) groups is 1. The Kier molecular flexibility index (Phi) is 7.82. The van der Waals surface area contributed by atoms with Gasteiger partial charge in [0.05, 0.1) is 17.8 Å². The van der Waals surface area contributed by atoms with Gasteiger partial charge in [0.2, 0.25) is 0 Å². The summed E-state index contributed by atoms with van der Waals surface area (Å²) >= 11 is 1.80. The maximum atomic E-state index is 10.3. The summed E-state index contributed by atoms with van der Waals surface area (Å²) < 4.78 is 1.81. The van der Waals surface area contributed by atoms with Crippen LogP contribution in [-0.2, 0) is 13.6 Å². The van der Waals surface area contributed by atoms with Crippen molar-refractivity contribution in [2.24, 2.45) is 12.0 Å². The van der Waals surface area contributed by atoms with E-state index in [1.807, 2.05) is 24.7 Å². The first kappa shape index (κ1) is 18.6. The summed E-state index contributed by atoms with van der Waals surface area (Å²) in [4.78, 5) is 4.52. The highest BCUT2D eigenvalue weighted by Gasteiger charge is 2.31. The minimum atomic E-state index is -0.604. The fourth-order valence-electron chi connectivity index (χ4n) is 2.04. The monoisotopic (exact) mass is 425 g/mol. The Morgan fingerprint density at radius 1 is 1.57 bits per heavy atom. The summed E-state index contributed by atoms with van der Waals surface area (Å²) in [5, 5.41) is 20.9. The van der Waals surface area contributed by atoms with Crippen LogP contribution in [0.1, 0.15) is 19.0 Å². The molecule has 0 bridgehead atoms. The lowest BCUT2D eigenvalue weighted by atomic mass is 10.0. The van der Waals surface area contributed by atoms with Crippen LogP contribution in [0.2, 0.25) is 0 Å². The smallest absolute Gasteiger partial charge is 0.191 e. The third-order valence-corrected chi connectivity index (χ3v) is 4.57. The zero-order chi connectivity index (χ0) is 14.4. The van der Waals surface area contributed by atoms with Crippen LogP contribution in [0.3, 0.4) is 0 Å². The Hall–Kier alpha value is -0.480. The van der Waals surface area contributed by atoms with Gasteiger partial charge in [0.15, 0.2) is 5.96 Å². The molecule has 1 fully saturated rings. The van der Waals surface area contributed by atoms with Crippen LogP contribution in [0.25, 0.3) is 0 Å². The molecule has 120 valence electrons. The lowest BCUT2D eigenvalue weighted by molar-refractivity contribution is 0.0724. The fourth-order valence-corrected chi connectivity index (χ4v) is 3.34. The second-order valence-electron chi connectivity index (χ2n) is 5.02. The first-order chi connectivity index (χ1) is 9.63. The number of hydrogen-bond acceptors (Lipinski definition) is 4. The van der Waals surface area contributed by atoms with E-state index in [2.05, 4.69) is 20.7 Å². The maximum absolute atomic E-state index is 10.3. The van der Waals surface area contributed by atoms with Gasteiger partial charge >= 0.3 is 0 Å². The number of aliphatic hydroxyl groups is 1. The largest absolute Gasteiger partial charge is 0.387 e. The molecule has 0 aromatic carbocycles. The molecule has 2 rings (SSSR count). The Labute approximate surface area is 147 Å². The van der Waals surface area contributed by atoms with E-state index in [4.69, 9.17) is 0 Å². The van der Waals surface area contributed by atoms with Crippen molar-refractivity contribution in [2.45, 2.75) is 25.5 Å². The number of hydrogen-bond donors (Lipinski definition) is 3. The molecule has 1 atom stereocenters. The molecule has 8 heteroatoms. The SMILES string of the molecule is CCNC(=NCc1ccnn1C)NCC1(O)CCSC1.I. The second kappa shape index (κ2) is 8.84. The average molecular weight is 425 g/mol. The highest BCUT2D eigenvalue weighted by molar-refractivity contribution is 14.0. The second-order valence-corrected chi connectivity index (χ2v) is 6.13. The molecule has 6 nitrogen and oxygen atoms in total. The molecule has 0 radical (unpaired) electrons. The molecule has 1 aromatic rings. The van der Waals surface area contributed by atoms with Gasteiger partial charge in [-0.1, -0.05) is 0 Å². The van der Waals surface area contributed by atoms with Gasteiger partial charge < -0.3 is 15.7 Å². The number of halogens is 1. The van der Waals surface area contributed by atoms with Crippen molar-refractivity contribution in [2.75, 3.05) is 24.6 Å². The molecule has 1 saturated heterocycles. The van der Waals surface area contributed by atoms with E-state index < -0.39 is 5.60 Å². The van der Waals surface area contributed by atoms with Gasteiger partial charge in [0.25, 0.3) is 0 Å². The van der Waals surface area contributed by atoms with Crippen LogP contribution in [0, 0.1) is 0 Å². The molecular formula is C13H24IN5OS. The van der Waals surface area contributed by atoms with Crippen LogP contribution in [0.15, 0.2) is 17.3 Å². The number of aromatic nitrogens is 2. The van der Waals surface area contributed by atoms with E-state index in [1.165, 1.54) is 0 Å². The Balaban J connectivity index is 0.00000220. The topological polar surface area (TPSA) is 74.5 Å². The van der Waals surface area contributed by atoms with Crippen molar-refractivity contribution in [3.63, 3.8) is 0 Å². The number of nitrogens with one attached hydrogen (secondary N) is 2. The Morgan fingerprint density at radius 3 is 2.95 bits per heavy atom. The molecule has 21 heavy (non-hydrogen) atoms. The zero-order valence-corrected chi connectivity index (χ0v) is 15.6. The molecule has 1 aliphatic heterocycles. The van der Waals surface area contributed by atoms with Crippen LogP contribution in [-0.4, -0.2) is 51.0 Å². The van der Waals surface area contributed by atoms with Crippen molar-refractivity contribution < 1.29 is 5.11 Å². The summed E-state index contributed by atoms with van der Waals surface area (Å²) in [5.41, 5.74) is 0.449.